The highest BCUT2D eigenvalue weighted by Crippen LogP contribution is 2.20. The standard InChI is InChI=1S/C20H18ClN5O2/c1-23-20(28)17-18(22)24-11-16(26-17)14-4-2-3-12(9-14)10-25-19(27)13-5-7-15(21)8-6-13/h2-9,11H,10H2,1H3,(H2,22,24)(H,23,28)(H,25,27). The van der Waals surface area contributed by atoms with Gasteiger partial charge in [0.05, 0.1) is 11.9 Å². The summed E-state index contributed by atoms with van der Waals surface area (Å²) in [5.74, 6) is -0.538. The van der Waals surface area contributed by atoms with Gasteiger partial charge in [0.2, 0.25) is 0 Å². The number of carbonyl (C=O) groups excluding carboxylic acids is 2. The molecule has 0 unspecified atom stereocenters. The van der Waals surface area contributed by atoms with Crippen molar-refractivity contribution in [3.05, 3.63) is 76.6 Å². The second-order valence-corrected chi connectivity index (χ2v) is 6.39. The van der Waals surface area contributed by atoms with Gasteiger partial charge in [0.1, 0.15) is 0 Å². The number of nitrogens with one attached hydrogen (secondary N) is 2. The summed E-state index contributed by atoms with van der Waals surface area (Å²) >= 11 is 5.84. The molecule has 0 atom stereocenters. The number of nitrogen functional groups attached to an aromatic ring is 1. The predicted molar refractivity (Wildman–Crippen MR) is 108 cm³/mol. The van der Waals surface area contributed by atoms with E-state index < -0.39 is 5.91 Å². The van der Waals surface area contributed by atoms with E-state index in [2.05, 4.69) is 20.6 Å². The van der Waals surface area contributed by atoms with Gasteiger partial charge in [0.25, 0.3) is 11.8 Å². The van der Waals surface area contributed by atoms with Crippen molar-refractivity contribution in [2.24, 2.45) is 0 Å². The Hall–Kier alpha value is -3.45. The van der Waals surface area contributed by atoms with Crippen molar-refractivity contribution >= 4 is 29.2 Å². The number of halogens is 1. The highest BCUT2D eigenvalue weighted by Gasteiger charge is 2.13. The quantitative estimate of drug-likeness (QED) is 0.615. The lowest BCUT2D eigenvalue weighted by atomic mass is 10.1. The number of nitrogens with zero attached hydrogens (tertiary/aromatic N) is 2. The van der Waals surface area contributed by atoms with Crippen molar-refractivity contribution in [2.45, 2.75) is 6.54 Å². The Morgan fingerprint density at radius 1 is 1.11 bits per heavy atom. The van der Waals surface area contributed by atoms with E-state index in [0.29, 0.717) is 22.8 Å². The largest absolute Gasteiger partial charge is 0.382 e. The van der Waals surface area contributed by atoms with Crippen LogP contribution in [-0.4, -0.2) is 28.8 Å². The molecular formula is C20H18ClN5O2. The van der Waals surface area contributed by atoms with Gasteiger partial charge in [-0.25, -0.2) is 9.97 Å². The lowest BCUT2D eigenvalue weighted by Crippen LogP contribution is -2.22. The minimum Gasteiger partial charge on any atom is -0.382 e. The maximum atomic E-state index is 12.2. The maximum Gasteiger partial charge on any atom is 0.273 e. The first kappa shape index (κ1) is 19.3. The number of nitrogens with two attached hydrogens (primary N) is 1. The Morgan fingerprint density at radius 3 is 2.57 bits per heavy atom. The molecule has 0 aliphatic heterocycles. The fourth-order valence-corrected chi connectivity index (χ4v) is 2.68. The molecule has 0 saturated heterocycles. The normalized spacial score (nSPS) is 10.4. The van der Waals surface area contributed by atoms with Crippen LogP contribution in [0.2, 0.25) is 5.02 Å². The molecule has 0 aliphatic carbocycles. The van der Waals surface area contributed by atoms with Crippen LogP contribution < -0.4 is 16.4 Å². The van der Waals surface area contributed by atoms with Gasteiger partial charge < -0.3 is 16.4 Å². The number of anilines is 1. The van der Waals surface area contributed by atoms with Crippen LogP contribution >= 0.6 is 11.6 Å². The Labute approximate surface area is 167 Å². The van der Waals surface area contributed by atoms with Crippen LogP contribution in [0.1, 0.15) is 26.4 Å². The summed E-state index contributed by atoms with van der Waals surface area (Å²) in [7, 11) is 1.50. The molecule has 0 bridgehead atoms. The van der Waals surface area contributed by atoms with Gasteiger partial charge in [0, 0.05) is 29.7 Å². The van der Waals surface area contributed by atoms with Gasteiger partial charge in [0.15, 0.2) is 11.5 Å². The lowest BCUT2D eigenvalue weighted by Gasteiger charge is -2.09. The molecule has 1 heterocycles. The number of carbonyl (C=O) groups is 2. The molecule has 142 valence electrons. The van der Waals surface area contributed by atoms with E-state index in [1.807, 2.05) is 24.3 Å². The molecule has 0 radical (unpaired) electrons. The summed E-state index contributed by atoms with van der Waals surface area (Å²) in [6, 6.07) is 14.1. The molecule has 2 amide bonds. The van der Waals surface area contributed by atoms with Crippen LogP contribution in [0.3, 0.4) is 0 Å². The SMILES string of the molecule is CNC(=O)c1nc(-c2cccc(CNC(=O)c3ccc(Cl)cc3)c2)cnc1N. The molecule has 0 aliphatic rings. The van der Waals surface area contributed by atoms with Crippen molar-refractivity contribution in [1.29, 1.82) is 0 Å². The molecule has 3 aromatic rings. The van der Waals surface area contributed by atoms with Crippen LogP contribution in [0.15, 0.2) is 54.7 Å². The zero-order valence-electron chi connectivity index (χ0n) is 15.1. The Balaban J connectivity index is 1.76. The number of hydrogen-bond acceptors (Lipinski definition) is 5. The first-order valence-electron chi connectivity index (χ1n) is 8.45. The predicted octanol–water partition coefficient (Wildman–Crippen LogP) is 2.67. The van der Waals surface area contributed by atoms with E-state index in [9.17, 15) is 9.59 Å². The van der Waals surface area contributed by atoms with Gasteiger partial charge in [-0.15, -0.1) is 0 Å². The van der Waals surface area contributed by atoms with Gasteiger partial charge in [-0.1, -0.05) is 29.8 Å². The van der Waals surface area contributed by atoms with Crippen LogP contribution in [-0.2, 0) is 6.54 Å². The molecule has 0 saturated carbocycles. The second kappa shape index (κ2) is 8.49. The van der Waals surface area contributed by atoms with E-state index in [0.717, 1.165) is 11.1 Å². The third kappa shape index (κ3) is 4.44. The molecule has 7 nitrogen and oxygen atoms in total. The average molecular weight is 396 g/mol. The van der Waals surface area contributed by atoms with Crippen molar-refractivity contribution in [2.75, 3.05) is 12.8 Å². The summed E-state index contributed by atoms with van der Waals surface area (Å²) in [4.78, 5) is 32.5. The molecular weight excluding hydrogens is 378 g/mol. The topological polar surface area (TPSA) is 110 Å². The van der Waals surface area contributed by atoms with E-state index in [-0.39, 0.29) is 17.4 Å². The fourth-order valence-electron chi connectivity index (χ4n) is 2.55. The third-order valence-electron chi connectivity index (χ3n) is 4.03. The molecule has 28 heavy (non-hydrogen) atoms. The highest BCUT2D eigenvalue weighted by molar-refractivity contribution is 6.30. The van der Waals surface area contributed by atoms with E-state index in [4.69, 9.17) is 17.3 Å². The number of amides is 2. The minimum atomic E-state index is -0.404. The van der Waals surface area contributed by atoms with E-state index in [1.54, 1.807) is 24.3 Å². The van der Waals surface area contributed by atoms with Gasteiger partial charge in [-0.2, -0.15) is 0 Å². The zero-order chi connectivity index (χ0) is 20.1. The molecule has 8 heteroatoms. The Morgan fingerprint density at radius 2 is 1.86 bits per heavy atom. The summed E-state index contributed by atoms with van der Waals surface area (Å²) < 4.78 is 0. The zero-order valence-corrected chi connectivity index (χ0v) is 15.8. The van der Waals surface area contributed by atoms with Crippen LogP contribution in [0.25, 0.3) is 11.3 Å². The summed E-state index contributed by atoms with van der Waals surface area (Å²) in [5.41, 5.74) is 8.48. The van der Waals surface area contributed by atoms with E-state index in [1.165, 1.54) is 13.2 Å². The first-order chi connectivity index (χ1) is 13.5. The number of hydrogen-bond donors (Lipinski definition) is 3. The van der Waals surface area contributed by atoms with Crippen LogP contribution in [0.5, 0.6) is 0 Å². The molecule has 4 N–H and O–H groups in total. The maximum absolute atomic E-state index is 12.2. The van der Waals surface area contributed by atoms with Crippen molar-refractivity contribution in [1.82, 2.24) is 20.6 Å². The first-order valence-corrected chi connectivity index (χ1v) is 8.83. The number of benzene rings is 2. The third-order valence-corrected chi connectivity index (χ3v) is 4.28. The molecule has 2 aromatic carbocycles. The summed E-state index contributed by atoms with van der Waals surface area (Å²) in [6.45, 7) is 0.333. The molecule has 0 spiro atoms. The van der Waals surface area contributed by atoms with Gasteiger partial charge >= 0.3 is 0 Å². The minimum absolute atomic E-state index is 0.0643. The van der Waals surface area contributed by atoms with Crippen molar-refractivity contribution in [3.8, 4) is 11.3 Å². The van der Waals surface area contributed by atoms with Crippen LogP contribution in [0, 0.1) is 0 Å². The average Bonchev–Trinajstić information content (AvgIpc) is 2.72. The number of rotatable bonds is 5. The summed E-state index contributed by atoms with van der Waals surface area (Å²) in [5, 5.41) is 5.92. The summed E-state index contributed by atoms with van der Waals surface area (Å²) in [6.07, 6.45) is 1.51. The van der Waals surface area contributed by atoms with E-state index >= 15 is 0 Å². The Bertz CT molecular complexity index is 1020. The lowest BCUT2D eigenvalue weighted by molar-refractivity contribution is 0.0946. The number of aromatic nitrogens is 2. The molecule has 1 aromatic heterocycles. The van der Waals surface area contributed by atoms with Crippen LogP contribution in [0.4, 0.5) is 5.82 Å². The molecule has 0 fully saturated rings. The highest BCUT2D eigenvalue weighted by atomic mass is 35.5. The monoisotopic (exact) mass is 395 g/mol. The second-order valence-electron chi connectivity index (χ2n) is 5.96. The Kier molecular flexibility index (Phi) is 5.86. The van der Waals surface area contributed by atoms with Gasteiger partial charge in [-0.3, -0.25) is 9.59 Å². The van der Waals surface area contributed by atoms with Crippen molar-refractivity contribution < 1.29 is 9.59 Å². The van der Waals surface area contributed by atoms with Gasteiger partial charge in [-0.05, 0) is 35.9 Å². The smallest absolute Gasteiger partial charge is 0.273 e. The van der Waals surface area contributed by atoms with Crippen molar-refractivity contribution in [3.63, 3.8) is 0 Å². The molecule has 3 rings (SSSR count). The fraction of sp³-hybridized carbons (Fsp3) is 0.100.